The lowest BCUT2D eigenvalue weighted by Crippen LogP contribution is -2.20. The van der Waals surface area contributed by atoms with Crippen molar-refractivity contribution in [2.75, 3.05) is 7.11 Å². The van der Waals surface area contributed by atoms with E-state index in [2.05, 4.69) is 26.5 Å². The number of para-hydroxylation sites is 1. The Morgan fingerprint density at radius 3 is 2.76 bits per heavy atom. The molecule has 0 heterocycles. The number of carbonyl (C=O) groups excluding carboxylic acids is 1. The number of rotatable bonds is 9. The van der Waals surface area contributed by atoms with Crippen LogP contribution < -0.4 is 14.9 Å². The molecule has 2 aromatic rings. The third-order valence-electron chi connectivity index (χ3n) is 4.09. The Hall–Kier alpha value is -2.94. The molecule has 0 saturated heterocycles. The summed E-state index contributed by atoms with van der Waals surface area (Å²) in [6.07, 6.45) is 2.19. The van der Waals surface area contributed by atoms with E-state index in [-0.39, 0.29) is 18.2 Å². The molecule has 0 aromatic heterocycles. The highest BCUT2D eigenvalue weighted by atomic mass is 79.9. The van der Waals surface area contributed by atoms with Crippen molar-refractivity contribution in [2.45, 2.75) is 32.8 Å². The number of ether oxygens (including phenoxy) is 2. The van der Waals surface area contributed by atoms with Gasteiger partial charge in [-0.25, -0.2) is 5.43 Å². The van der Waals surface area contributed by atoms with E-state index in [1.165, 1.54) is 12.3 Å². The van der Waals surface area contributed by atoms with Gasteiger partial charge in [-0.3, -0.25) is 14.9 Å². The van der Waals surface area contributed by atoms with E-state index in [0.29, 0.717) is 27.1 Å². The highest BCUT2D eigenvalue weighted by Gasteiger charge is 2.16. The highest BCUT2D eigenvalue weighted by molar-refractivity contribution is 9.10. The molecular weight excluding hydrogens is 442 g/mol. The number of nitrogens with zero attached hydrogens (tertiary/aromatic N) is 2. The fourth-order valence-electron chi connectivity index (χ4n) is 2.44. The number of methoxy groups -OCH3 is 1. The van der Waals surface area contributed by atoms with Gasteiger partial charge >= 0.3 is 0 Å². The molecule has 29 heavy (non-hydrogen) atoms. The van der Waals surface area contributed by atoms with Crippen LogP contribution in [0.1, 0.15) is 31.4 Å². The molecule has 0 aliphatic heterocycles. The van der Waals surface area contributed by atoms with Gasteiger partial charge in [0.05, 0.1) is 35.2 Å². The number of nitro benzene ring substituents is 1. The van der Waals surface area contributed by atoms with Crippen molar-refractivity contribution in [3.05, 3.63) is 62.1 Å². The number of halogens is 1. The molecule has 0 aliphatic carbocycles. The zero-order valence-electron chi connectivity index (χ0n) is 16.3. The summed E-state index contributed by atoms with van der Waals surface area (Å²) in [5, 5.41) is 14.9. The van der Waals surface area contributed by atoms with Gasteiger partial charge in [0.25, 0.3) is 5.69 Å². The number of hydrogen-bond donors (Lipinski definition) is 1. The zero-order valence-corrected chi connectivity index (χ0v) is 17.9. The van der Waals surface area contributed by atoms with Gasteiger partial charge in [0, 0.05) is 11.6 Å². The fourth-order valence-corrected chi connectivity index (χ4v) is 3.00. The minimum Gasteiger partial charge on any atom is -0.493 e. The molecule has 8 nitrogen and oxygen atoms in total. The lowest BCUT2D eigenvalue weighted by atomic mass is 10.1. The fraction of sp³-hybridized carbons (Fsp3) is 0.300. The van der Waals surface area contributed by atoms with E-state index >= 15 is 0 Å². The monoisotopic (exact) mass is 463 g/mol. The third-order valence-corrected chi connectivity index (χ3v) is 4.68. The summed E-state index contributed by atoms with van der Waals surface area (Å²) in [4.78, 5) is 22.6. The average molecular weight is 464 g/mol. The highest BCUT2D eigenvalue weighted by Crippen LogP contribution is 2.37. The molecule has 0 aliphatic rings. The lowest BCUT2D eigenvalue weighted by Gasteiger charge is -2.17. The van der Waals surface area contributed by atoms with Gasteiger partial charge in [-0.05, 0) is 47.0 Å². The van der Waals surface area contributed by atoms with Crippen LogP contribution in [0.25, 0.3) is 0 Å². The Kier molecular flexibility index (Phi) is 8.14. The van der Waals surface area contributed by atoms with Crippen LogP contribution in [0.4, 0.5) is 5.69 Å². The minimum absolute atomic E-state index is 0.0287. The predicted molar refractivity (Wildman–Crippen MR) is 114 cm³/mol. The van der Waals surface area contributed by atoms with E-state index < -0.39 is 10.8 Å². The van der Waals surface area contributed by atoms with Crippen LogP contribution in [0.2, 0.25) is 0 Å². The van der Waals surface area contributed by atoms with Gasteiger partial charge < -0.3 is 9.47 Å². The molecule has 0 fully saturated rings. The molecule has 154 valence electrons. The van der Waals surface area contributed by atoms with Gasteiger partial charge in [-0.1, -0.05) is 25.1 Å². The van der Waals surface area contributed by atoms with E-state index in [1.807, 2.05) is 13.8 Å². The second-order valence-electron chi connectivity index (χ2n) is 6.23. The van der Waals surface area contributed by atoms with E-state index in [1.54, 1.807) is 37.4 Å². The van der Waals surface area contributed by atoms with Crippen LogP contribution in [0.5, 0.6) is 11.5 Å². The summed E-state index contributed by atoms with van der Waals surface area (Å²) in [7, 11) is 1.54. The van der Waals surface area contributed by atoms with Gasteiger partial charge in [0.2, 0.25) is 5.91 Å². The topological polar surface area (TPSA) is 103 Å². The maximum atomic E-state index is 12.1. The van der Waals surface area contributed by atoms with Crippen LogP contribution >= 0.6 is 15.9 Å². The maximum Gasteiger partial charge on any atom is 0.273 e. The number of hydrogen-bond acceptors (Lipinski definition) is 6. The quantitative estimate of drug-likeness (QED) is 0.340. The Bertz CT molecular complexity index is 917. The number of amides is 1. The number of hydrazone groups is 1. The minimum atomic E-state index is -0.515. The smallest absolute Gasteiger partial charge is 0.273 e. The number of carbonyl (C=O) groups is 1. The van der Waals surface area contributed by atoms with Crippen LogP contribution in [-0.2, 0) is 11.2 Å². The summed E-state index contributed by atoms with van der Waals surface area (Å²) in [5.74, 6) is 0.671. The third kappa shape index (κ3) is 6.28. The zero-order chi connectivity index (χ0) is 21.4. The first-order valence-corrected chi connectivity index (χ1v) is 9.73. The van der Waals surface area contributed by atoms with Crippen LogP contribution in [0.3, 0.4) is 0 Å². The van der Waals surface area contributed by atoms with E-state index in [9.17, 15) is 14.9 Å². The first-order valence-electron chi connectivity index (χ1n) is 8.94. The molecule has 0 saturated carbocycles. The van der Waals surface area contributed by atoms with Crippen LogP contribution in [0.15, 0.2) is 46.0 Å². The Morgan fingerprint density at radius 1 is 1.38 bits per heavy atom. The molecule has 0 unspecified atom stereocenters. The molecule has 1 amide bonds. The molecule has 0 spiro atoms. The summed E-state index contributed by atoms with van der Waals surface area (Å²) >= 11 is 3.47. The van der Waals surface area contributed by atoms with Gasteiger partial charge in [0.15, 0.2) is 11.5 Å². The first kappa shape index (κ1) is 22.4. The Labute approximate surface area is 177 Å². The van der Waals surface area contributed by atoms with Crippen molar-refractivity contribution < 1.29 is 19.2 Å². The predicted octanol–water partition coefficient (Wildman–Crippen LogP) is 4.24. The SMILES string of the molecule is CC[C@H](C)Oc1c(Br)cc(/C=N/NC(=O)Cc2ccccc2[N+](=O)[O-])cc1OC. The largest absolute Gasteiger partial charge is 0.493 e. The summed E-state index contributed by atoms with van der Waals surface area (Å²) < 4.78 is 12.0. The van der Waals surface area contributed by atoms with Crippen molar-refractivity contribution in [1.29, 1.82) is 0 Å². The van der Waals surface area contributed by atoms with Crippen molar-refractivity contribution in [3.8, 4) is 11.5 Å². The normalized spacial score (nSPS) is 11.9. The number of benzene rings is 2. The molecule has 0 radical (unpaired) electrons. The molecule has 1 N–H and O–H groups in total. The van der Waals surface area contributed by atoms with Crippen molar-refractivity contribution in [3.63, 3.8) is 0 Å². The van der Waals surface area contributed by atoms with E-state index in [0.717, 1.165) is 6.42 Å². The molecular formula is C20H22BrN3O5. The van der Waals surface area contributed by atoms with Crippen molar-refractivity contribution in [2.24, 2.45) is 5.10 Å². The van der Waals surface area contributed by atoms with Gasteiger partial charge in [-0.2, -0.15) is 5.10 Å². The standard InChI is InChI=1S/C20H22BrN3O5/c1-4-13(2)29-20-16(21)9-14(10-18(20)28-3)12-22-23-19(25)11-15-7-5-6-8-17(15)24(26)27/h5-10,12-13H,4,11H2,1-3H3,(H,23,25)/b22-12+/t13-/m0/s1. The first-order chi connectivity index (χ1) is 13.8. The summed E-state index contributed by atoms with van der Waals surface area (Å²) in [6.45, 7) is 3.99. The number of nitrogens with one attached hydrogen (secondary N) is 1. The average Bonchev–Trinajstić information content (AvgIpc) is 2.69. The summed E-state index contributed by atoms with van der Waals surface area (Å²) in [5.41, 5.74) is 3.28. The van der Waals surface area contributed by atoms with Gasteiger partial charge in [-0.15, -0.1) is 0 Å². The van der Waals surface area contributed by atoms with Crippen molar-refractivity contribution >= 4 is 33.7 Å². The summed E-state index contributed by atoms with van der Waals surface area (Å²) in [6, 6.07) is 9.62. The van der Waals surface area contributed by atoms with E-state index in [4.69, 9.17) is 9.47 Å². The number of nitro groups is 1. The molecule has 0 bridgehead atoms. The molecule has 9 heteroatoms. The maximum absolute atomic E-state index is 12.1. The Balaban J connectivity index is 2.07. The Morgan fingerprint density at radius 2 is 2.10 bits per heavy atom. The van der Waals surface area contributed by atoms with Gasteiger partial charge in [0.1, 0.15) is 0 Å². The van der Waals surface area contributed by atoms with Crippen molar-refractivity contribution in [1.82, 2.24) is 5.43 Å². The molecule has 1 atom stereocenters. The lowest BCUT2D eigenvalue weighted by molar-refractivity contribution is -0.385. The second kappa shape index (κ2) is 10.6. The van der Waals surface area contributed by atoms with Crippen LogP contribution in [-0.4, -0.2) is 30.3 Å². The molecule has 2 rings (SSSR count). The van der Waals surface area contributed by atoms with Crippen LogP contribution in [0, 0.1) is 10.1 Å². The molecule has 2 aromatic carbocycles. The second-order valence-corrected chi connectivity index (χ2v) is 7.08.